The van der Waals surface area contributed by atoms with Crippen molar-refractivity contribution in [3.63, 3.8) is 0 Å². The third-order valence-electron chi connectivity index (χ3n) is 3.71. The molecular weight excluding hydrogens is 332 g/mol. The molecule has 0 spiro atoms. The van der Waals surface area contributed by atoms with E-state index in [9.17, 15) is 10.1 Å². The van der Waals surface area contributed by atoms with Gasteiger partial charge in [0.1, 0.15) is 17.4 Å². The highest BCUT2D eigenvalue weighted by atomic mass is 16.5. The quantitative estimate of drug-likeness (QED) is 0.612. The van der Waals surface area contributed by atoms with E-state index in [0.717, 1.165) is 11.3 Å². The number of nitrogens with one attached hydrogen (secondary N) is 1. The number of carbonyl (C=O) groups is 1. The van der Waals surface area contributed by atoms with Gasteiger partial charge in [-0.15, -0.1) is 0 Å². The Balaban J connectivity index is 2.15. The topological polar surface area (TPSA) is 80.6 Å². The minimum Gasteiger partial charge on any atom is -0.497 e. The first-order valence-corrected chi connectivity index (χ1v) is 7.86. The fourth-order valence-corrected chi connectivity index (χ4v) is 2.35. The van der Waals surface area contributed by atoms with Gasteiger partial charge in [-0.2, -0.15) is 5.26 Å². The summed E-state index contributed by atoms with van der Waals surface area (Å²) in [6.07, 6.45) is 1.48. The minimum atomic E-state index is -0.465. The van der Waals surface area contributed by atoms with Crippen LogP contribution in [0.5, 0.6) is 17.2 Å². The van der Waals surface area contributed by atoms with Gasteiger partial charge in [-0.1, -0.05) is 24.3 Å². The van der Waals surface area contributed by atoms with E-state index in [4.69, 9.17) is 14.2 Å². The molecule has 0 aliphatic rings. The van der Waals surface area contributed by atoms with E-state index >= 15 is 0 Å². The molecule has 0 aliphatic carbocycles. The number of ether oxygens (including phenoxy) is 3. The fraction of sp³-hybridized carbons (Fsp3) is 0.200. The van der Waals surface area contributed by atoms with E-state index in [1.54, 1.807) is 25.3 Å². The first-order valence-electron chi connectivity index (χ1n) is 7.86. The predicted octanol–water partition coefficient (Wildman–Crippen LogP) is 2.94. The van der Waals surface area contributed by atoms with Crippen LogP contribution >= 0.6 is 0 Å². The molecule has 0 aliphatic heterocycles. The Bertz CT molecular complexity index is 836. The zero-order valence-electron chi connectivity index (χ0n) is 14.9. The zero-order valence-corrected chi connectivity index (χ0v) is 14.9. The monoisotopic (exact) mass is 352 g/mol. The van der Waals surface area contributed by atoms with E-state index in [-0.39, 0.29) is 5.57 Å². The summed E-state index contributed by atoms with van der Waals surface area (Å²) < 4.78 is 15.6. The highest BCUT2D eigenvalue weighted by Crippen LogP contribution is 2.32. The van der Waals surface area contributed by atoms with Crippen molar-refractivity contribution < 1.29 is 19.0 Å². The number of amides is 1. The van der Waals surface area contributed by atoms with Gasteiger partial charge in [-0.25, -0.2) is 0 Å². The normalized spacial score (nSPS) is 10.6. The first kappa shape index (κ1) is 18.9. The maximum Gasteiger partial charge on any atom is 0.262 e. The number of carbonyl (C=O) groups excluding carboxylic acids is 1. The standard InChI is InChI=1S/C20H20N2O4/c1-24-17-9-7-14(8-10-17)13-22-20(23)16(12-21)11-15-5-4-6-18(25-2)19(15)26-3/h4-11H,13H2,1-3H3,(H,22,23). The number of nitriles is 1. The number of benzene rings is 2. The van der Waals surface area contributed by atoms with Gasteiger partial charge < -0.3 is 19.5 Å². The van der Waals surface area contributed by atoms with Crippen LogP contribution in [0.3, 0.4) is 0 Å². The SMILES string of the molecule is COc1ccc(CNC(=O)C(C#N)=Cc2cccc(OC)c2OC)cc1. The Morgan fingerprint density at radius 2 is 1.81 bits per heavy atom. The molecule has 6 nitrogen and oxygen atoms in total. The molecule has 0 radical (unpaired) electrons. The molecule has 26 heavy (non-hydrogen) atoms. The van der Waals surface area contributed by atoms with Crippen molar-refractivity contribution in [3.05, 3.63) is 59.2 Å². The Hall–Kier alpha value is -3.46. The van der Waals surface area contributed by atoms with Gasteiger partial charge in [0, 0.05) is 12.1 Å². The van der Waals surface area contributed by atoms with Crippen LogP contribution in [0.2, 0.25) is 0 Å². The van der Waals surface area contributed by atoms with E-state index < -0.39 is 5.91 Å². The summed E-state index contributed by atoms with van der Waals surface area (Å²) in [5, 5.41) is 12.1. The molecule has 1 amide bonds. The molecule has 2 aromatic rings. The highest BCUT2D eigenvalue weighted by Gasteiger charge is 2.13. The third-order valence-corrected chi connectivity index (χ3v) is 3.71. The number of nitrogens with zero attached hydrogens (tertiary/aromatic N) is 1. The summed E-state index contributed by atoms with van der Waals surface area (Å²) in [6, 6.07) is 14.5. The van der Waals surface area contributed by atoms with Crippen LogP contribution in [0.25, 0.3) is 6.08 Å². The van der Waals surface area contributed by atoms with E-state index in [2.05, 4.69) is 5.32 Å². The lowest BCUT2D eigenvalue weighted by atomic mass is 10.1. The maximum absolute atomic E-state index is 12.3. The highest BCUT2D eigenvalue weighted by molar-refractivity contribution is 6.02. The van der Waals surface area contributed by atoms with E-state index in [0.29, 0.717) is 23.6 Å². The fourth-order valence-electron chi connectivity index (χ4n) is 2.35. The van der Waals surface area contributed by atoms with Gasteiger partial charge in [0.25, 0.3) is 5.91 Å². The van der Waals surface area contributed by atoms with Crippen molar-refractivity contribution >= 4 is 12.0 Å². The molecule has 0 saturated carbocycles. The molecule has 0 bridgehead atoms. The predicted molar refractivity (Wildman–Crippen MR) is 98.0 cm³/mol. The van der Waals surface area contributed by atoms with Crippen LogP contribution in [0.1, 0.15) is 11.1 Å². The second-order valence-electron chi connectivity index (χ2n) is 5.28. The van der Waals surface area contributed by atoms with Gasteiger partial charge in [0.2, 0.25) is 0 Å². The summed E-state index contributed by atoms with van der Waals surface area (Å²) in [5.74, 6) is 1.26. The molecular formula is C20H20N2O4. The molecule has 2 aromatic carbocycles. The Morgan fingerprint density at radius 1 is 1.08 bits per heavy atom. The van der Waals surface area contributed by atoms with Crippen molar-refractivity contribution in [2.24, 2.45) is 0 Å². The van der Waals surface area contributed by atoms with Crippen molar-refractivity contribution in [1.82, 2.24) is 5.32 Å². The number of rotatable bonds is 7. The van der Waals surface area contributed by atoms with Crippen LogP contribution in [-0.4, -0.2) is 27.2 Å². The smallest absolute Gasteiger partial charge is 0.262 e. The van der Waals surface area contributed by atoms with Crippen LogP contribution < -0.4 is 19.5 Å². The number of methoxy groups -OCH3 is 3. The Kier molecular flexibility index (Phi) is 6.63. The number of hydrogen-bond acceptors (Lipinski definition) is 5. The van der Waals surface area contributed by atoms with Crippen LogP contribution in [0, 0.1) is 11.3 Å². The number of hydrogen-bond donors (Lipinski definition) is 1. The zero-order chi connectivity index (χ0) is 18.9. The average molecular weight is 352 g/mol. The largest absolute Gasteiger partial charge is 0.497 e. The van der Waals surface area contributed by atoms with Gasteiger partial charge in [0.05, 0.1) is 21.3 Å². The van der Waals surface area contributed by atoms with E-state index in [1.807, 2.05) is 30.3 Å². The van der Waals surface area contributed by atoms with Crippen molar-refractivity contribution in [2.75, 3.05) is 21.3 Å². The molecule has 6 heteroatoms. The van der Waals surface area contributed by atoms with E-state index in [1.165, 1.54) is 20.3 Å². The molecule has 0 saturated heterocycles. The lowest BCUT2D eigenvalue weighted by Gasteiger charge is -2.10. The van der Waals surface area contributed by atoms with Gasteiger partial charge >= 0.3 is 0 Å². The summed E-state index contributed by atoms with van der Waals surface area (Å²) in [7, 11) is 4.62. The van der Waals surface area contributed by atoms with Gasteiger partial charge in [-0.05, 0) is 29.8 Å². The summed E-state index contributed by atoms with van der Waals surface area (Å²) >= 11 is 0. The van der Waals surface area contributed by atoms with Crippen LogP contribution in [0.4, 0.5) is 0 Å². The maximum atomic E-state index is 12.3. The van der Waals surface area contributed by atoms with Crippen molar-refractivity contribution in [1.29, 1.82) is 5.26 Å². The average Bonchev–Trinajstić information content (AvgIpc) is 2.70. The second-order valence-corrected chi connectivity index (χ2v) is 5.28. The van der Waals surface area contributed by atoms with Gasteiger partial charge in [0.15, 0.2) is 11.5 Å². The summed E-state index contributed by atoms with van der Waals surface area (Å²) in [5.41, 5.74) is 1.46. The lowest BCUT2D eigenvalue weighted by molar-refractivity contribution is -0.117. The molecule has 0 aromatic heterocycles. The van der Waals surface area contributed by atoms with Crippen molar-refractivity contribution in [2.45, 2.75) is 6.54 Å². The summed E-state index contributed by atoms with van der Waals surface area (Å²) in [4.78, 5) is 12.3. The summed E-state index contributed by atoms with van der Waals surface area (Å²) in [6.45, 7) is 0.303. The molecule has 0 fully saturated rings. The van der Waals surface area contributed by atoms with Crippen LogP contribution in [-0.2, 0) is 11.3 Å². The van der Waals surface area contributed by atoms with Crippen LogP contribution in [0.15, 0.2) is 48.0 Å². The second kappa shape index (κ2) is 9.14. The van der Waals surface area contributed by atoms with Crippen molar-refractivity contribution in [3.8, 4) is 23.3 Å². The molecule has 0 heterocycles. The molecule has 0 unspecified atom stereocenters. The molecule has 2 rings (SSSR count). The lowest BCUT2D eigenvalue weighted by Crippen LogP contribution is -2.23. The first-order chi connectivity index (χ1) is 12.6. The molecule has 134 valence electrons. The molecule has 0 atom stereocenters. The number of para-hydroxylation sites is 1. The third kappa shape index (κ3) is 4.54. The Morgan fingerprint density at radius 3 is 2.38 bits per heavy atom. The molecule has 1 N–H and O–H groups in total. The minimum absolute atomic E-state index is 0.0231. The van der Waals surface area contributed by atoms with Gasteiger partial charge in [-0.3, -0.25) is 4.79 Å². The Labute approximate surface area is 152 Å².